The van der Waals surface area contributed by atoms with Gasteiger partial charge in [0.2, 0.25) is 0 Å². The van der Waals surface area contributed by atoms with Crippen LogP contribution in [0.5, 0.6) is 0 Å². The first-order valence-electron chi connectivity index (χ1n) is 8.22. The van der Waals surface area contributed by atoms with Crippen LogP contribution in [-0.2, 0) is 6.54 Å². The number of fused-ring (bicyclic) bond motifs is 1. The van der Waals surface area contributed by atoms with Gasteiger partial charge in [-0.15, -0.1) is 11.3 Å². The van der Waals surface area contributed by atoms with E-state index in [9.17, 15) is 9.90 Å². The molecule has 23 heavy (non-hydrogen) atoms. The van der Waals surface area contributed by atoms with E-state index in [0.717, 1.165) is 49.4 Å². The Morgan fingerprint density at radius 3 is 2.78 bits per heavy atom. The van der Waals surface area contributed by atoms with Crippen molar-refractivity contribution in [3.05, 3.63) is 28.1 Å². The first kappa shape index (κ1) is 16.6. The third kappa shape index (κ3) is 3.63. The van der Waals surface area contributed by atoms with Gasteiger partial charge in [-0.3, -0.25) is 19.2 Å². The topological polar surface area (TPSA) is 61.6 Å². The van der Waals surface area contributed by atoms with Crippen LogP contribution in [0.3, 0.4) is 0 Å². The van der Waals surface area contributed by atoms with Gasteiger partial charge in [0.1, 0.15) is 4.70 Å². The van der Waals surface area contributed by atoms with E-state index in [1.54, 1.807) is 10.9 Å². The van der Waals surface area contributed by atoms with Crippen LogP contribution in [-0.4, -0.2) is 69.8 Å². The largest absolute Gasteiger partial charge is 0.395 e. The zero-order valence-electron chi connectivity index (χ0n) is 13.5. The van der Waals surface area contributed by atoms with Crippen molar-refractivity contribution in [3.8, 4) is 0 Å². The van der Waals surface area contributed by atoms with E-state index in [1.807, 2.05) is 11.4 Å². The molecule has 0 aromatic carbocycles. The van der Waals surface area contributed by atoms with E-state index >= 15 is 0 Å². The monoisotopic (exact) mass is 336 g/mol. The molecule has 0 saturated carbocycles. The Kier molecular flexibility index (Phi) is 5.42. The van der Waals surface area contributed by atoms with Gasteiger partial charge in [0.15, 0.2) is 0 Å². The van der Waals surface area contributed by atoms with Gasteiger partial charge in [0.25, 0.3) is 5.56 Å². The highest BCUT2D eigenvalue weighted by Gasteiger charge is 2.22. The van der Waals surface area contributed by atoms with Gasteiger partial charge in [0, 0.05) is 45.3 Å². The molecule has 1 aliphatic heterocycles. The molecular formula is C16H24N4O2S. The van der Waals surface area contributed by atoms with Gasteiger partial charge in [-0.25, -0.2) is 4.98 Å². The summed E-state index contributed by atoms with van der Waals surface area (Å²) in [5.74, 6) is 0. The number of aliphatic hydroxyl groups excluding tert-OH is 1. The SMILES string of the molecule is CCC(CO)N1CCN(CCn2cnc3ccsc3c2=O)CC1. The third-order valence-corrected chi connectivity index (χ3v) is 5.59. The first-order chi connectivity index (χ1) is 11.2. The van der Waals surface area contributed by atoms with Crippen LogP contribution >= 0.6 is 11.3 Å². The number of thiophene rings is 1. The quantitative estimate of drug-likeness (QED) is 0.847. The fourth-order valence-electron chi connectivity index (χ4n) is 3.14. The van der Waals surface area contributed by atoms with Crippen LogP contribution in [0.25, 0.3) is 10.2 Å². The Morgan fingerprint density at radius 2 is 2.09 bits per heavy atom. The zero-order chi connectivity index (χ0) is 16.2. The van der Waals surface area contributed by atoms with E-state index in [2.05, 4.69) is 21.7 Å². The van der Waals surface area contributed by atoms with E-state index in [0.29, 0.717) is 6.54 Å². The van der Waals surface area contributed by atoms with Crippen molar-refractivity contribution in [1.82, 2.24) is 19.4 Å². The molecule has 0 aliphatic carbocycles. The minimum absolute atomic E-state index is 0.0648. The fourth-order valence-corrected chi connectivity index (χ4v) is 3.93. The van der Waals surface area contributed by atoms with Gasteiger partial charge < -0.3 is 5.11 Å². The summed E-state index contributed by atoms with van der Waals surface area (Å²) in [7, 11) is 0. The van der Waals surface area contributed by atoms with Crippen LogP contribution in [0.2, 0.25) is 0 Å². The molecular weight excluding hydrogens is 312 g/mol. The van der Waals surface area contributed by atoms with Crippen molar-refractivity contribution in [2.45, 2.75) is 25.9 Å². The molecule has 1 unspecified atom stereocenters. The van der Waals surface area contributed by atoms with Gasteiger partial charge in [-0.1, -0.05) is 6.92 Å². The van der Waals surface area contributed by atoms with E-state index in [4.69, 9.17) is 0 Å². The molecule has 0 bridgehead atoms. The summed E-state index contributed by atoms with van der Waals surface area (Å²) >= 11 is 1.46. The number of piperazine rings is 1. The predicted octanol–water partition coefficient (Wildman–Crippen LogP) is 0.846. The molecule has 1 saturated heterocycles. The van der Waals surface area contributed by atoms with Crippen molar-refractivity contribution < 1.29 is 5.11 Å². The van der Waals surface area contributed by atoms with Gasteiger partial charge in [-0.2, -0.15) is 0 Å². The Morgan fingerprint density at radius 1 is 1.30 bits per heavy atom. The van der Waals surface area contributed by atoms with Crippen molar-refractivity contribution in [3.63, 3.8) is 0 Å². The maximum atomic E-state index is 12.4. The maximum absolute atomic E-state index is 12.4. The van der Waals surface area contributed by atoms with E-state index in [1.165, 1.54) is 11.3 Å². The number of aromatic nitrogens is 2. The van der Waals surface area contributed by atoms with Crippen LogP contribution in [0, 0.1) is 0 Å². The Balaban J connectivity index is 1.55. The average Bonchev–Trinajstić information content (AvgIpc) is 3.06. The summed E-state index contributed by atoms with van der Waals surface area (Å²) in [4.78, 5) is 21.4. The third-order valence-electron chi connectivity index (χ3n) is 4.70. The standard InChI is InChI=1S/C16H24N4O2S/c1-2-13(11-21)19-7-4-18(5-8-19)6-9-20-12-17-14-3-10-23-15(14)16(20)22/h3,10,12-13,21H,2,4-9,11H2,1H3. The molecule has 6 nitrogen and oxygen atoms in total. The molecule has 3 rings (SSSR count). The van der Waals surface area contributed by atoms with Crippen molar-refractivity contribution >= 4 is 21.6 Å². The number of nitrogens with zero attached hydrogens (tertiary/aromatic N) is 4. The summed E-state index contributed by atoms with van der Waals surface area (Å²) < 4.78 is 2.46. The normalized spacial score (nSPS) is 18.5. The summed E-state index contributed by atoms with van der Waals surface area (Å²) in [6.07, 6.45) is 2.64. The zero-order valence-corrected chi connectivity index (χ0v) is 14.3. The highest BCUT2D eigenvalue weighted by atomic mass is 32.1. The molecule has 1 aliphatic rings. The molecule has 0 amide bonds. The van der Waals surface area contributed by atoms with Crippen LogP contribution in [0.15, 0.2) is 22.6 Å². The van der Waals surface area contributed by atoms with Crippen molar-refractivity contribution in [2.75, 3.05) is 39.3 Å². The second kappa shape index (κ2) is 7.53. The molecule has 0 radical (unpaired) electrons. The molecule has 0 spiro atoms. The van der Waals surface area contributed by atoms with E-state index < -0.39 is 0 Å². The molecule has 1 fully saturated rings. The van der Waals surface area contributed by atoms with Crippen molar-refractivity contribution in [2.24, 2.45) is 0 Å². The lowest BCUT2D eigenvalue weighted by Gasteiger charge is -2.38. The highest BCUT2D eigenvalue weighted by molar-refractivity contribution is 7.17. The van der Waals surface area contributed by atoms with Crippen molar-refractivity contribution in [1.29, 1.82) is 0 Å². The predicted molar refractivity (Wildman–Crippen MR) is 93.1 cm³/mol. The molecule has 2 aromatic heterocycles. The fraction of sp³-hybridized carbons (Fsp3) is 0.625. The van der Waals surface area contributed by atoms with Gasteiger partial charge in [-0.05, 0) is 17.9 Å². The Bertz CT molecular complexity index is 687. The summed E-state index contributed by atoms with van der Waals surface area (Å²) in [6, 6.07) is 2.17. The highest BCUT2D eigenvalue weighted by Crippen LogP contribution is 2.13. The number of hydrogen-bond acceptors (Lipinski definition) is 6. The van der Waals surface area contributed by atoms with Crippen LogP contribution < -0.4 is 5.56 Å². The second-order valence-corrected chi connectivity index (χ2v) is 6.92. The lowest BCUT2D eigenvalue weighted by molar-refractivity contribution is 0.0623. The van der Waals surface area contributed by atoms with Crippen LogP contribution in [0.1, 0.15) is 13.3 Å². The molecule has 7 heteroatoms. The van der Waals surface area contributed by atoms with Gasteiger partial charge in [0.05, 0.1) is 18.5 Å². The van der Waals surface area contributed by atoms with E-state index in [-0.39, 0.29) is 18.2 Å². The maximum Gasteiger partial charge on any atom is 0.271 e. The molecule has 3 heterocycles. The average molecular weight is 336 g/mol. The summed E-state index contributed by atoms with van der Waals surface area (Å²) in [5, 5.41) is 11.3. The lowest BCUT2D eigenvalue weighted by atomic mass is 10.1. The minimum atomic E-state index is 0.0648. The number of aliphatic hydroxyl groups is 1. The molecule has 1 atom stereocenters. The second-order valence-electron chi connectivity index (χ2n) is 6.00. The van der Waals surface area contributed by atoms with Gasteiger partial charge >= 0.3 is 0 Å². The minimum Gasteiger partial charge on any atom is -0.395 e. The Hall–Kier alpha value is -1.28. The smallest absolute Gasteiger partial charge is 0.271 e. The molecule has 126 valence electrons. The molecule has 2 aromatic rings. The lowest BCUT2D eigenvalue weighted by Crippen LogP contribution is -2.51. The van der Waals surface area contributed by atoms with Crippen LogP contribution in [0.4, 0.5) is 0 Å². The number of rotatable bonds is 6. The molecule has 1 N–H and O–H groups in total. The number of hydrogen-bond donors (Lipinski definition) is 1. The summed E-state index contributed by atoms with van der Waals surface area (Å²) in [6.45, 7) is 7.83. The first-order valence-corrected chi connectivity index (χ1v) is 9.10. The Labute approximate surface area is 140 Å². The summed E-state index contributed by atoms with van der Waals surface area (Å²) in [5.41, 5.74) is 0.856.